The molecule has 2 aliphatic rings. The van der Waals surface area contributed by atoms with Gasteiger partial charge in [0.2, 0.25) is 0 Å². The molecule has 2 aliphatic heterocycles. The molecule has 9 heteroatoms. The third-order valence-corrected chi connectivity index (χ3v) is 6.09. The van der Waals surface area contributed by atoms with E-state index in [0.29, 0.717) is 23.5 Å². The quantitative estimate of drug-likeness (QED) is 0.447. The first-order valence-electron chi connectivity index (χ1n) is 11.4. The van der Waals surface area contributed by atoms with Gasteiger partial charge in [0.15, 0.2) is 6.29 Å². The summed E-state index contributed by atoms with van der Waals surface area (Å²) in [5.41, 5.74) is 4.42. The molecule has 0 bridgehead atoms. The molecule has 0 radical (unpaired) electrons. The number of aromatic nitrogens is 2. The number of rotatable bonds is 8. The fourth-order valence-electron chi connectivity index (χ4n) is 3.96. The molecule has 2 saturated heterocycles. The normalized spacial score (nSPS) is 20.1. The fourth-order valence-corrected chi connectivity index (χ4v) is 4.19. The number of nitrogens with one attached hydrogen (secondary N) is 2. The van der Waals surface area contributed by atoms with Crippen LogP contribution in [0.25, 0.3) is 6.08 Å². The Hall–Kier alpha value is -2.52. The molecule has 33 heavy (non-hydrogen) atoms. The van der Waals surface area contributed by atoms with Crippen LogP contribution in [0, 0.1) is 0 Å². The first-order valence-corrected chi connectivity index (χ1v) is 11.8. The van der Waals surface area contributed by atoms with Crippen LogP contribution in [0.3, 0.4) is 0 Å². The molecule has 1 unspecified atom stereocenters. The standard InChI is InChI=1S/C24H30ClN5O3/c25-21-15-19(4-5-22(31)29-33-23-3-1-2-14-32-23)16-27-24(21)28-20-8-12-30(13-9-20)17-18-6-10-26-11-7-18/h4-7,10-11,15-16,20,23H,1-3,8-9,12-14,17H2,(H,27,28)(H,29,31)/b5-4+. The van der Waals surface area contributed by atoms with E-state index in [2.05, 4.69) is 37.8 Å². The van der Waals surface area contributed by atoms with Gasteiger partial charge in [0.05, 0.1) is 5.02 Å². The average Bonchev–Trinajstić information content (AvgIpc) is 2.85. The van der Waals surface area contributed by atoms with Crippen molar-refractivity contribution < 1.29 is 14.4 Å². The van der Waals surface area contributed by atoms with Crippen molar-refractivity contribution in [2.45, 2.75) is 51.0 Å². The summed E-state index contributed by atoms with van der Waals surface area (Å²) < 4.78 is 5.41. The fraction of sp³-hybridized carbons (Fsp3) is 0.458. The van der Waals surface area contributed by atoms with Gasteiger partial charge in [0.1, 0.15) is 5.82 Å². The zero-order valence-electron chi connectivity index (χ0n) is 18.6. The topological polar surface area (TPSA) is 88.6 Å². The molecule has 0 spiro atoms. The van der Waals surface area contributed by atoms with Gasteiger partial charge in [-0.05, 0) is 61.1 Å². The highest BCUT2D eigenvalue weighted by molar-refractivity contribution is 6.33. The molecular formula is C24H30ClN5O3. The second kappa shape index (κ2) is 12.1. The Bertz CT molecular complexity index is 929. The van der Waals surface area contributed by atoms with Gasteiger partial charge >= 0.3 is 0 Å². The van der Waals surface area contributed by atoms with Crippen molar-refractivity contribution in [3.8, 4) is 0 Å². The summed E-state index contributed by atoms with van der Waals surface area (Å²) >= 11 is 6.45. The lowest BCUT2D eigenvalue weighted by Crippen LogP contribution is -2.38. The van der Waals surface area contributed by atoms with Gasteiger partial charge in [0.25, 0.3) is 5.91 Å². The van der Waals surface area contributed by atoms with Gasteiger partial charge in [-0.1, -0.05) is 11.6 Å². The van der Waals surface area contributed by atoms with Crippen LogP contribution in [-0.2, 0) is 20.9 Å². The van der Waals surface area contributed by atoms with Crippen LogP contribution in [0.15, 0.2) is 42.9 Å². The minimum Gasteiger partial charge on any atom is -0.366 e. The van der Waals surface area contributed by atoms with Gasteiger partial charge < -0.3 is 10.1 Å². The summed E-state index contributed by atoms with van der Waals surface area (Å²) in [5, 5.41) is 4.00. The maximum atomic E-state index is 12.0. The number of hydroxylamine groups is 1. The number of pyridine rings is 2. The van der Waals surface area contributed by atoms with E-state index in [1.54, 1.807) is 18.3 Å². The molecule has 0 aromatic carbocycles. The first-order chi connectivity index (χ1) is 16.2. The predicted octanol–water partition coefficient (Wildman–Crippen LogP) is 3.79. The Morgan fingerprint density at radius 3 is 2.79 bits per heavy atom. The van der Waals surface area contributed by atoms with Crippen LogP contribution in [0.2, 0.25) is 5.02 Å². The maximum absolute atomic E-state index is 12.0. The zero-order valence-corrected chi connectivity index (χ0v) is 19.3. The van der Waals surface area contributed by atoms with Crippen LogP contribution >= 0.6 is 11.6 Å². The number of likely N-dealkylation sites (tertiary alicyclic amines) is 1. The molecule has 4 heterocycles. The van der Waals surface area contributed by atoms with E-state index in [1.165, 1.54) is 11.6 Å². The lowest BCUT2D eigenvalue weighted by molar-refractivity contribution is -0.198. The van der Waals surface area contributed by atoms with E-state index in [0.717, 1.165) is 57.3 Å². The highest BCUT2D eigenvalue weighted by Gasteiger charge is 2.20. The summed E-state index contributed by atoms with van der Waals surface area (Å²) in [6, 6.07) is 6.25. The molecule has 1 atom stereocenters. The molecule has 2 aromatic heterocycles. The molecule has 176 valence electrons. The van der Waals surface area contributed by atoms with Gasteiger partial charge in [-0.2, -0.15) is 0 Å². The van der Waals surface area contributed by atoms with E-state index in [-0.39, 0.29) is 12.2 Å². The number of hydrogen-bond acceptors (Lipinski definition) is 7. The summed E-state index contributed by atoms with van der Waals surface area (Å²) in [6.07, 6.45) is 12.9. The summed E-state index contributed by atoms with van der Waals surface area (Å²) in [5.74, 6) is 0.310. The summed E-state index contributed by atoms with van der Waals surface area (Å²) in [7, 11) is 0. The number of piperidine rings is 1. The van der Waals surface area contributed by atoms with E-state index in [1.807, 2.05) is 12.4 Å². The third-order valence-electron chi connectivity index (χ3n) is 5.80. The zero-order chi connectivity index (χ0) is 22.9. The summed E-state index contributed by atoms with van der Waals surface area (Å²) in [6.45, 7) is 3.64. The summed E-state index contributed by atoms with van der Waals surface area (Å²) in [4.78, 5) is 28.2. The SMILES string of the molecule is O=C(/C=C/c1cnc(NC2CCN(Cc3ccncc3)CC2)c(Cl)c1)NOC1CCCCO1. The van der Waals surface area contributed by atoms with Crippen molar-refractivity contribution in [2.75, 3.05) is 25.0 Å². The van der Waals surface area contributed by atoms with Gasteiger partial charge in [0, 0.05) is 63.4 Å². The lowest BCUT2D eigenvalue weighted by atomic mass is 10.0. The van der Waals surface area contributed by atoms with Crippen molar-refractivity contribution in [1.29, 1.82) is 0 Å². The van der Waals surface area contributed by atoms with E-state index < -0.39 is 0 Å². The van der Waals surface area contributed by atoms with Crippen LogP contribution in [-0.4, -0.2) is 52.8 Å². The molecule has 2 N–H and O–H groups in total. The Morgan fingerprint density at radius 1 is 1.24 bits per heavy atom. The molecule has 0 aliphatic carbocycles. The largest absolute Gasteiger partial charge is 0.366 e. The highest BCUT2D eigenvalue weighted by Crippen LogP contribution is 2.24. The number of anilines is 1. The van der Waals surface area contributed by atoms with Crippen LogP contribution in [0.1, 0.15) is 43.2 Å². The molecule has 2 aromatic rings. The van der Waals surface area contributed by atoms with Crippen molar-refractivity contribution in [2.24, 2.45) is 0 Å². The number of hydrogen-bond donors (Lipinski definition) is 2. The first kappa shape index (κ1) is 23.6. The third kappa shape index (κ3) is 7.50. The number of amides is 1. The van der Waals surface area contributed by atoms with E-state index in [4.69, 9.17) is 21.2 Å². The second-order valence-electron chi connectivity index (χ2n) is 8.36. The molecule has 4 rings (SSSR count). The van der Waals surface area contributed by atoms with Gasteiger partial charge in [-0.15, -0.1) is 0 Å². The van der Waals surface area contributed by atoms with Crippen LogP contribution < -0.4 is 10.8 Å². The minimum absolute atomic E-state index is 0.329. The van der Waals surface area contributed by atoms with E-state index >= 15 is 0 Å². The number of carbonyl (C=O) groups excluding carboxylic acids is 1. The minimum atomic E-state index is -0.375. The monoisotopic (exact) mass is 471 g/mol. The predicted molar refractivity (Wildman–Crippen MR) is 127 cm³/mol. The Balaban J connectivity index is 1.21. The van der Waals surface area contributed by atoms with Crippen molar-refractivity contribution in [1.82, 2.24) is 20.3 Å². The number of halogens is 1. The maximum Gasteiger partial charge on any atom is 0.267 e. The molecule has 1 amide bonds. The molecule has 8 nitrogen and oxygen atoms in total. The molecular weight excluding hydrogens is 442 g/mol. The molecule has 2 fully saturated rings. The Kier molecular flexibility index (Phi) is 8.65. The highest BCUT2D eigenvalue weighted by atomic mass is 35.5. The number of carbonyl (C=O) groups is 1. The smallest absolute Gasteiger partial charge is 0.267 e. The molecule has 0 saturated carbocycles. The van der Waals surface area contributed by atoms with Crippen LogP contribution in [0.5, 0.6) is 0 Å². The Morgan fingerprint density at radius 2 is 2.06 bits per heavy atom. The van der Waals surface area contributed by atoms with Gasteiger partial charge in [-0.25, -0.2) is 15.3 Å². The van der Waals surface area contributed by atoms with Crippen molar-refractivity contribution >= 4 is 29.4 Å². The van der Waals surface area contributed by atoms with Gasteiger partial charge in [-0.3, -0.25) is 14.7 Å². The van der Waals surface area contributed by atoms with E-state index in [9.17, 15) is 4.79 Å². The second-order valence-corrected chi connectivity index (χ2v) is 8.77. The lowest BCUT2D eigenvalue weighted by Gasteiger charge is -2.32. The Labute approximate surface area is 199 Å². The van der Waals surface area contributed by atoms with Crippen LogP contribution in [0.4, 0.5) is 5.82 Å². The average molecular weight is 472 g/mol. The van der Waals surface area contributed by atoms with Crippen molar-refractivity contribution in [3.05, 3.63) is 59.0 Å². The number of nitrogens with zero attached hydrogens (tertiary/aromatic N) is 3. The number of ether oxygens (including phenoxy) is 1. The van der Waals surface area contributed by atoms with Crippen molar-refractivity contribution in [3.63, 3.8) is 0 Å².